The zero-order valence-electron chi connectivity index (χ0n) is 10.3. The van der Waals surface area contributed by atoms with E-state index in [1.54, 1.807) is 0 Å². The molecule has 0 spiro atoms. The molecule has 0 N–H and O–H groups in total. The molecule has 2 nitrogen and oxygen atoms in total. The molecule has 5 atom stereocenters. The van der Waals surface area contributed by atoms with Crippen LogP contribution in [-0.2, 0) is 9.53 Å². The third-order valence-electron chi connectivity index (χ3n) is 4.71. The van der Waals surface area contributed by atoms with Crippen molar-refractivity contribution in [3.8, 4) is 11.8 Å². The van der Waals surface area contributed by atoms with Crippen molar-refractivity contribution in [3.63, 3.8) is 0 Å². The van der Waals surface area contributed by atoms with Crippen LogP contribution in [0.3, 0.4) is 0 Å². The number of carbonyl (C=O) groups excluding carboxylic acids is 1. The molecule has 4 rings (SSSR count). The average Bonchev–Trinajstić information content (AvgIpc) is 3.01. The van der Waals surface area contributed by atoms with Crippen molar-refractivity contribution in [1.29, 1.82) is 0 Å². The van der Waals surface area contributed by atoms with Gasteiger partial charge in [-0.05, 0) is 43.0 Å². The van der Waals surface area contributed by atoms with E-state index in [0.717, 1.165) is 23.4 Å². The summed E-state index contributed by atoms with van der Waals surface area (Å²) in [6.07, 6.45) is 2.14. The molecule has 1 heterocycles. The van der Waals surface area contributed by atoms with Crippen LogP contribution in [0.1, 0.15) is 18.4 Å². The highest BCUT2D eigenvalue weighted by molar-refractivity contribution is 6.30. The maximum atomic E-state index is 11.7. The van der Waals surface area contributed by atoms with Crippen LogP contribution in [-0.4, -0.2) is 12.1 Å². The third-order valence-corrected chi connectivity index (χ3v) is 4.97. The van der Waals surface area contributed by atoms with Crippen LogP contribution < -0.4 is 0 Å². The number of rotatable bonds is 0. The summed E-state index contributed by atoms with van der Waals surface area (Å²) in [5.41, 5.74) is 0.966. The van der Waals surface area contributed by atoms with E-state index in [1.165, 1.54) is 0 Å². The maximum absolute atomic E-state index is 11.7. The van der Waals surface area contributed by atoms with E-state index in [9.17, 15) is 4.79 Å². The Morgan fingerprint density at radius 3 is 2.79 bits per heavy atom. The SMILES string of the molecule is O=C1O[C@H]2[C@H](C#Cc3ccc(Cl)cc3)[C@@H]3C[C@H]2[C@H]1C3. The van der Waals surface area contributed by atoms with Gasteiger partial charge >= 0.3 is 5.97 Å². The van der Waals surface area contributed by atoms with E-state index >= 15 is 0 Å². The number of ether oxygens (including phenoxy) is 1. The van der Waals surface area contributed by atoms with Crippen molar-refractivity contribution in [2.24, 2.45) is 23.7 Å². The largest absolute Gasteiger partial charge is 0.460 e. The van der Waals surface area contributed by atoms with E-state index in [-0.39, 0.29) is 23.9 Å². The Bertz CT molecular complexity index is 595. The summed E-state index contributed by atoms with van der Waals surface area (Å²) < 4.78 is 5.50. The van der Waals surface area contributed by atoms with Gasteiger partial charge in [0.15, 0.2) is 0 Å². The van der Waals surface area contributed by atoms with Crippen molar-refractivity contribution < 1.29 is 9.53 Å². The fourth-order valence-corrected chi connectivity index (χ4v) is 3.98. The van der Waals surface area contributed by atoms with Gasteiger partial charge in [0.25, 0.3) is 0 Å². The topological polar surface area (TPSA) is 26.3 Å². The van der Waals surface area contributed by atoms with Crippen LogP contribution >= 0.6 is 11.6 Å². The summed E-state index contributed by atoms with van der Waals surface area (Å²) in [4.78, 5) is 11.7. The van der Waals surface area contributed by atoms with Gasteiger partial charge in [-0.25, -0.2) is 0 Å². The highest BCUT2D eigenvalue weighted by Gasteiger charge is 2.61. The van der Waals surface area contributed by atoms with Crippen molar-refractivity contribution in [2.75, 3.05) is 0 Å². The Kier molecular flexibility index (Phi) is 2.40. The third kappa shape index (κ3) is 1.69. The first-order valence-electron chi connectivity index (χ1n) is 6.70. The number of halogens is 1. The second-order valence-corrected chi connectivity index (χ2v) is 6.14. The highest BCUT2D eigenvalue weighted by Crippen LogP contribution is 2.57. The Labute approximate surface area is 117 Å². The summed E-state index contributed by atoms with van der Waals surface area (Å²) in [5, 5.41) is 0.720. The van der Waals surface area contributed by atoms with Gasteiger partial charge in [0.1, 0.15) is 6.10 Å². The predicted molar refractivity (Wildman–Crippen MR) is 71.4 cm³/mol. The lowest BCUT2D eigenvalue weighted by atomic mass is 9.82. The van der Waals surface area contributed by atoms with Gasteiger partial charge in [0.2, 0.25) is 0 Å². The number of benzene rings is 1. The van der Waals surface area contributed by atoms with Crippen molar-refractivity contribution in [3.05, 3.63) is 34.9 Å². The first-order valence-corrected chi connectivity index (χ1v) is 7.08. The summed E-state index contributed by atoms with van der Waals surface area (Å²) in [5.74, 6) is 7.91. The van der Waals surface area contributed by atoms with Gasteiger partial charge in [0.05, 0.1) is 11.8 Å². The molecule has 0 amide bonds. The van der Waals surface area contributed by atoms with E-state index in [1.807, 2.05) is 24.3 Å². The molecule has 96 valence electrons. The lowest BCUT2D eigenvalue weighted by molar-refractivity contribution is -0.143. The van der Waals surface area contributed by atoms with Crippen LogP contribution in [0.2, 0.25) is 5.02 Å². The van der Waals surface area contributed by atoms with Gasteiger partial charge in [-0.2, -0.15) is 0 Å². The predicted octanol–water partition coefficient (Wildman–Crippen LogP) is 2.89. The minimum atomic E-state index is 0.00768. The number of hydrogen-bond donors (Lipinski definition) is 0. The van der Waals surface area contributed by atoms with Crippen molar-refractivity contribution in [2.45, 2.75) is 18.9 Å². The van der Waals surface area contributed by atoms with Crippen LogP contribution in [0.15, 0.2) is 24.3 Å². The van der Waals surface area contributed by atoms with Crippen LogP contribution in [0.25, 0.3) is 0 Å². The molecule has 1 aromatic carbocycles. The monoisotopic (exact) mass is 272 g/mol. The molecule has 3 heteroatoms. The van der Waals surface area contributed by atoms with Gasteiger partial charge in [-0.15, -0.1) is 0 Å². The zero-order chi connectivity index (χ0) is 13.0. The molecule has 2 bridgehead atoms. The van der Waals surface area contributed by atoms with Crippen LogP contribution in [0.5, 0.6) is 0 Å². The molecule has 3 fully saturated rings. The van der Waals surface area contributed by atoms with Gasteiger partial charge < -0.3 is 4.74 Å². The smallest absolute Gasteiger partial charge is 0.309 e. The fourth-order valence-electron chi connectivity index (χ4n) is 3.86. The van der Waals surface area contributed by atoms with Gasteiger partial charge in [0, 0.05) is 16.5 Å². The minimum absolute atomic E-state index is 0.00768. The van der Waals surface area contributed by atoms with E-state index in [2.05, 4.69) is 11.8 Å². The first-order chi connectivity index (χ1) is 9.22. The van der Waals surface area contributed by atoms with Gasteiger partial charge in [-0.1, -0.05) is 23.4 Å². The Morgan fingerprint density at radius 2 is 2.00 bits per heavy atom. The summed E-state index contributed by atoms with van der Waals surface area (Å²) >= 11 is 5.85. The van der Waals surface area contributed by atoms with Crippen LogP contribution in [0.4, 0.5) is 0 Å². The average molecular weight is 273 g/mol. The van der Waals surface area contributed by atoms with E-state index in [4.69, 9.17) is 16.3 Å². The molecule has 2 saturated carbocycles. The Morgan fingerprint density at radius 1 is 1.21 bits per heavy atom. The standard InChI is InChI=1S/C16H13ClO2/c17-11-4-1-9(2-5-11)3-6-12-10-7-13-14(8-10)16(18)19-15(12)13/h1-2,4-5,10,12-15H,7-8H2/t10-,12-,13+,14-,15+/m1/s1. The molecule has 1 aromatic rings. The Hall–Kier alpha value is -1.46. The number of esters is 1. The first kappa shape index (κ1) is 11.4. The van der Waals surface area contributed by atoms with Gasteiger partial charge in [-0.3, -0.25) is 4.79 Å². The summed E-state index contributed by atoms with van der Waals surface area (Å²) in [6, 6.07) is 7.54. The molecule has 0 aromatic heterocycles. The van der Waals surface area contributed by atoms with E-state index < -0.39 is 0 Å². The minimum Gasteiger partial charge on any atom is -0.460 e. The second kappa shape index (κ2) is 4.02. The summed E-state index contributed by atoms with van der Waals surface area (Å²) in [6.45, 7) is 0. The molecule has 1 saturated heterocycles. The molecule has 0 radical (unpaired) electrons. The number of hydrogen-bond acceptors (Lipinski definition) is 2. The quantitative estimate of drug-likeness (QED) is 0.536. The second-order valence-electron chi connectivity index (χ2n) is 5.71. The number of fused-ring (bicyclic) bond motifs is 1. The molecule has 0 unspecified atom stereocenters. The normalized spacial score (nSPS) is 37.9. The molecule has 1 aliphatic heterocycles. The molecular weight excluding hydrogens is 260 g/mol. The molecular formula is C16H13ClO2. The summed E-state index contributed by atoms with van der Waals surface area (Å²) in [7, 11) is 0. The maximum Gasteiger partial charge on any atom is 0.309 e. The molecule has 3 aliphatic rings. The lowest BCUT2D eigenvalue weighted by Gasteiger charge is -2.20. The molecule has 2 aliphatic carbocycles. The fraction of sp³-hybridized carbons (Fsp3) is 0.438. The van der Waals surface area contributed by atoms with Crippen molar-refractivity contribution in [1.82, 2.24) is 0 Å². The lowest BCUT2D eigenvalue weighted by Crippen LogP contribution is -2.25. The zero-order valence-corrected chi connectivity index (χ0v) is 11.1. The molecule has 19 heavy (non-hydrogen) atoms. The van der Waals surface area contributed by atoms with E-state index in [0.29, 0.717) is 11.8 Å². The van der Waals surface area contributed by atoms with Crippen molar-refractivity contribution >= 4 is 17.6 Å². The number of carbonyl (C=O) groups is 1. The van der Waals surface area contributed by atoms with Crippen LogP contribution in [0, 0.1) is 35.5 Å². The highest BCUT2D eigenvalue weighted by atomic mass is 35.5. The Balaban J connectivity index is 1.59.